The first-order chi connectivity index (χ1) is 9.84. The number of benzene rings is 1. The van der Waals surface area contributed by atoms with Crippen LogP contribution in [0.5, 0.6) is 11.5 Å². The average molecular weight is 293 g/mol. The molecule has 0 aliphatic carbocycles. The van der Waals surface area contributed by atoms with Gasteiger partial charge in [0.2, 0.25) is 0 Å². The highest BCUT2D eigenvalue weighted by atomic mass is 16.5. The second kappa shape index (κ2) is 7.76. The minimum Gasteiger partial charge on any atom is -0.497 e. The van der Waals surface area contributed by atoms with Crippen LogP contribution in [0.1, 0.15) is 27.7 Å². The lowest BCUT2D eigenvalue weighted by Crippen LogP contribution is -2.49. The largest absolute Gasteiger partial charge is 0.497 e. The van der Waals surface area contributed by atoms with E-state index in [-0.39, 0.29) is 11.6 Å². The molecule has 1 aromatic carbocycles. The molecule has 0 radical (unpaired) electrons. The van der Waals surface area contributed by atoms with Crippen molar-refractivity contribution in [1.29, 1.82) is 0 Å². The maximum atomic E-state index is 5.84. The third kappa shape index (κ3) is 6.88. The van der Waals surface area contributed by atoms with Crippen LogP contribution in [0.4, 0.5) is 0 Å². The molecule has 5 heteroatoms. The molecule has 2 N–H and O–H groups in total. The molecule has 0 spiro atoms. The van der Waals surface area contributed by atoms with Gasteiger partial charge in [0.25, 0.3) is 0 Å². The van der Waals surface area contributed by atoms with Crippen molar-refractivity contribution >= 4 is 5.96 Å². The van der Waals surface area contributed by atoms with Gasteiger partial charge in [0.1, 0.15) is 17.6 Å². The Balaban J connectivity index is 2.44. The predicted molar refractivity (Wildman–Crippen MR) is 87.3 cm³/mol. The predicted octanol–water partition coefficient (Wildman–Crippen LogP) is 2.43. The summed E-state index contributed by atoms with van der Waals surface area (Å²) in [6.07, 6.45) is 0.0249. The molecule has 1 unspecified atom stereocenters. The quantitative estimate of drug-likeness (QED) is 0.647. The fourth-order valence-corrected chi connectivity index (χ4v) is 1.70. The number of ether oxygens (including phenoxy) is 2. The van der Waals surface area contributed by atoms with Gasteiger partial charge in [-0.2, -0.15) is 0 Å². The Morgan fingerprint density at radius 2 is 1.76 bits per heavy atom. The van der Waals surface area contributed by atoms with Gasteiger partial charge in [0, 0.05) is 12.6 Å². The molecular formula is C16H27N3O2. The molecule has 0 saturated carbocycles. The van der Waals surface area contributed by atoms with Crippen LogP contribution in [0.25, 0.3) is 0 Å². The van der Waals surface area contributed by atoms with Gasteiger partial charge in [-0.05, 0) is 52.0 Å². The van der Waals surface area contributed by atoms with E-state index in [4.69, 9.17) is 9.47 Å². The number of guanidine groups is 1. The van der Waals surface area contributed by atoms with Gasteiger partial charge in [-0.25, -0.2) is 0 Å². The van der Waals surface area contributed by atoms with Gasteiger partial charge in [-0.3, -0.25) is 4.99 Å². The summed E-state index contributed by atoms with van der Waals surface area (Å²) in [4.78, 5) is 4.20. The second-order valence-electron chi connectivity index (χ2n) is 5.93. The van der Waals surface area contributed by atoms with Gasteiger partial charge < -0.3 is 20.1 Å². The zero-order valence-electron chi connectivity index (χ0n) is 13.9. The summed E-state index contributed by atoms with van der Waals surface area (Å²) in [5.41, 5.74) is -0.0259. The Labute approximate surface area is 127 Å². The van der Waals surface area contributed by atoms with Gasteiger partial charge in [0.15, 0.2) is 5.96 Å². The minimum absolute atomic E-state index is 0.0249. The zero-order chi connectivity index (χ0) is 15.9. The molecule has 21 heavy (non-hydrogen) atoms. The molecule has 5 nitrogen and oxygen atoms in total. The molecule has 0 aromatic heterocycles. The number of aliphatic imine (C=N–C) groups is 1. The van der Waals surface area contributed by atoms with Crippen LogP contribution in [-0.2, 0) is 0 Å². The fourth-order valence-electron chi connectivity index (χ4n) is 1.70. The maximum absolute atomic E-state index is 5.84. The molecule has 1 rings (SSSR count). The fraction of sp³-hybridized carbons (Fsp3) is 0.562. The molecule has 1 atom stereocenters. The standard InChI is InChI=1S/C16H27N3O2/c1-12(11-18-15(17-5)19-16(2,3)4)21-14-9-7-13(20-6)8-10-14/h7-10,12H,11H2,1-6H3,(H2,17,18,19). The monoisotopic (exact) mass is 293 g/mol. The van der Waals surface area contributed by atoms with Gasteiger partial charge in [-0.15, -0.1) is 0 Å². The number of hydrogen-bond acceptors (Lipinski definition) is 3. The van der Waals surface area contributed by atoms with Gasteiger partial charge >= 0.3 is 0 Å². The molecule has 1 aromatic rings. The highest BCUT2D eigenvalue weighted by Crippen LogP contribution is 2.17. The Hall–Kier alpha value is -1.91. The molecule has 0 amide bonds. The van der Waals surface area contributed by atoms with Gasteiger partial charge in [-0.1, -0.05) is 0 Å². The van der Waals surface area contributed by atoms with E-state index < -0.39 is 0 Å². The van der Waals surface area contributed by atoms with E-state index in [9.17, 15) is 0 Å². The summed E-state index contributed by atoms with van der Waals surface area (Å²) >= 11 is 0. The van der Waals surface area contributed by atoms with Crippen molar-refractivity contribution in [3.63, 3.8) is 0 Å². The van der Waals surface area contributed by atoms with Crippen molar-refractivity contribution in [1.82, 2.24) is 10.6 Å². The molecular weight excluding hydrogens is 266 g/mol. The first-order valence-corrected chi connectivity index (χ1v) is 7.13. The topological polar surface area (TPSA) is 54.9 Å². The van der Waals surface area contributed by atoms with E-state index in [1.54, 1.807) is 14.2 Å². The van der Waals surface area contributed by atoms with Crippen molar-refractivity contribution in [3.05, 3.63) is 24.3 Å². The lowest BCUT2D eigenvalue weighted by atomic mass is 10.1. The van der Waals surface area contributed by atoms with E-state index in [1.807, 2.05) is 31.2 Å². The molecule has 0 saturated heterocycles. The van der Waals surface area contributed by atoms with Crippen molar-refractivity contribution in [3.8, 4) is 11.5 Å². The van der Waals surface area contributed by atoms with Crippen LogP contribution in [0.3, 0.4) is 0 Å². The molecule has 0 aliphatic rings. The first-order valence-electron chi connectivity index (χ1n) is 7.13. The zero-order valence-corrected chi connectivity index (χ0v) is 13.9. The summed E-state index contributed by atoms with van der Waals surface area (Å²) in [5.74, 6) is 2.42. The Bertz CT molecular complexity index is 450. The molecule has 0 aliphatic heterocycles. The molecule has 0 bridgehead atoms. The van der Waals surface area contributed by atoms with E-state index in [2.05, 4.69) is 36.4 Å². The lowest BCUT2D eigenvalue weighted by Gasteiger charge is -2.25. The van der Waals surface area contributed by atoms with Crippen molar-refractivity contribution < 1.29 is 9.47 Å². The van der Waals surface area contributed by atoms with Crippen LogP contribution in [0.2, 0.25) is 0 Å². The van der Waals surface area contributed by atoms with E-state index >= 15 is 0 Å². The number of rotatable bonds is 5. The summed E-state index contributed by atoms with van der Waals surface area (Å²) in [6, 6.07) is 7.57. The van der Waals surface area contributed by atoms with Crippen molar-refractivity contribution in [2.24, 2.45) is 4.99 Å². The maximum Gasteiger partial charge on any atom is 0.191 e. The number of methoxy groups -OCH3 is 1. The van der Waals surface area contributed by atoms with Crippen LogP contribution >= 0.6 is 0 Å². The summed E-state index contributed by atoms with van der Waals surface area (Å²) in [7, 11) is 3.41. The summed E-state index contributed by atoms with van der Waals surface area (Å²) in [5, 5.41) is 6.56. The Kier molecular flexibility index (Phi) is 6.34. The Morgan fingerprint density at radius 1 is 1.19 bits per heavy atom. The number of nitrogens with one attached hydrogen (secondary N) is 2. The summed E-state index contributed by atoms with van der Waals surface area (Å²) < 4.78 is 11.0. The normalized spacial score (nSPS) is 13.5. The lowest BCUT2D eigenvalue weighted by molar-refractivity contribution is 0.223. The smallest absolute Gasteiger partial charge is 0.191 e. The van der Waals surface area contributed by atoms with E-state index in [1.165, 1.54) is 0 Å². The molecule has 0 fully saturated rings. The number of hydrogen-bond donors (Lipinski definition) is 2. The highest BCUT2D eigenvalue weighted by Gasteiger charge is 2.12. The van der Waals surface area contributed by atoms with Crippen molar-refractivity contribution in [2.45, 2.75) is 39.3 Å². The van der Waals surface area contributed by atoms with Crippen LogP contribution in [0.15, 0.2) is 29.3 Å². The summed E-state index contributed by atoms with van der Waals surface area (Å²) in [6.45, 7) is 8.97. The van der Waals surface area contributed by atoms with Crippen LogP contribution < -0.4 is 20.1 Å². The highest BCUT2D eigenvalue weighted by molar-refractivity contribution is 5.80. The van der Waals surface area contributed by atoms with E-state index in [0.29, 0.717) is 6.54 Å². The van der Waals surface area contributed by atoms with Crippen LogP contribution in [0, 0.1) is 0 Å². The first kappa shape index (κ1) is 17.1. The van der Waals surface area contributed by atoms with Crippen LogP contribution in [-0.4, -0.2) is 38.3 Å². The minimum atomic E-state index is -0.0259. The van der Waals surface area contributed by atoms with Crippen molar-refractivity contribution in [2.75, 3.05) is 20.7 Å². The second-order valence-corrected chi connectivity index (χ2v) is 5.93. The number of nitrogens with zero attached hydrogens (tertiary/aromatic N) is 1. The van der Waals surface area contributed by atoms with Gasteiger partial charge in [0.05, 0.1) is 13.7 Å². The third-order valence-corrected chi connectivity index (χ3v) is 2.67. The Morgan fingerprint density at radius 3 is 2.24 bits per heavy atom. The molecule has 0 heterocycles. The van der Waals surface area contributed by atoms with E-state index in [0.717, 1.165) is 17.5 Å². The molecule has 118 valence electrons. The third-order valence-electron chi connectivity index (χ3n) is 2.67. The average Bonchev–Trinajstić information content (AvgIpc) is 2.43. The SMILES string of the molecule is CN=C(NCC(C)Oc1ccc(OC)cc1)NC(C)(C)C.